The molecular weight excluding hydrogens is 468 g/mol. The number of alkyl halides is 3. The molecule has 2 N–H and O–H groups in total. The van der Waals surface area contributed by atoms with Gasteiger partial charge in [-0.05, 0) is 56.7 Å². The lowest BCUT2D eigenvalue weighted by Gasteiger charge is -2.39. The number of aliphatic hydroxyl groups is 1. The summed E-state index contributed by atoms with van der Waals surface area (Å²) in [6, 6.07) is 4.53. The minimum Gasteiger partial charge on any atom is -0.480 e. The lowest BCUT2D eigenvalue weighted by Crippen LogP contribution is -2.48. The summed E-state index contributed by atoms with van der Waals surface area (Å²) in [5.41, 5.74) is -0.342. The van der Waals surface area contributed by atoms with Crippen LogP contribution in [0.3, 0.4) is 0 Å². The Morgan fingerprint density at radius 1 is 1.14 bits per heavy atom. The van der Waals surface area contributed by atoms with E-state index in [0.717, 1.165) is 12.8 Å². The minimum absolute atomic E-state index is 0.0266. The Kier molecular flexibility index (Phi) is 5.73. The fourth-order valence-corrected chi connectivity index (χ4v) is 5.16. The van der Waals surface area contributed by atoms with Gasteiger partial charge in [-0.15, -0.1) is 5.10 Å². The SMILES string of the molecule is CC(C)(O)c1ccc(OCC(F)(F)F)c2nc(NC3[C@@H]4CC[C@H]3CN(c3ccncc3F)C4)nn12. The van der Waals surface area contributed by atoms with Crippen LogP contribution in [-0.4, -0.2) is 56.6 Å². The first-order valence-corrected chi connectivity index (χ1v) is 11.4. The molecule has 1 aliphatic heterocycles. The molecule has 0 radical (unpaired) electrons. The van der Waals surface area contributed by atoms with E-state index < -0.39 is 18.4 Å². The van der Waals surface area contributed by atoms with E-state index in [2.05, 4.69) is 20.4 Å². The van der Waals surface area contributed by atoms with Gasteiger partial charge in [0.15, 0.2) is 23.8 Å². The van der Waals surface area contributed by atoms with Gasteiger partial charge >= 0.3 is 6.18 Å². The number of hydrogen-bond donors (Lipinski definition) is 2. The lowest BCUT2D eigenvalue weighted by atomic mass is 9.92. The number of piperidine rings is 1. The molecule has 3 aromatic rings. The average Bonchev–Trinajstić information content (AvgIpc) is 3.28. The van der Waals surface area contributed by atoms with Gasteiger partial charge in [-0.25, -0.2) is 8.91 Å². The number of fused-ring (bicyclic) bond motifs is 3. The van der Waals surface area contributed by atoms with Gasteiger partial charge < -0.3 is 20.1 Å². The van der Waals surface area contributed by atoms with Crippen LogP contribution in [0.5, 0.6) is 5.75 Å². The number of halogens is 4. The number of nitrogens with one attached hydrogen (secondary N) is 1. The largest absolute Gasteiger partial charge is 0.480 e. The maximum atomic E-state index is 14.3. The zero-order chi connectivity index (χ0) is 25.0. The van der Waals surface area contributed by atoms with Crippen molar-refractivity contribution in [2.24, 2.45) is 11.8 Å². The van der Waals surface area contributed by atoms with Gasteiger partial charge in [0, 0.05) is 25.3 Å². The average molecular weight is 494 g/mol. The van der Waals surface area contributed by atoms with Crippen molar-refractivity contribution in [3.63, 3.8) is 0 Å². The summed E-state index contributed by atoms with van der Waals surface area (Å²) in [7, 11) is 0. The molecule has 4 heterocycles. The van der Waals surface area contributed by atoms with Crippen molar-refractivity contribution in [3.05, 3.63) is 42.1 Å². The van der Waals surface area contributed by atoms with Crippen molar-refractivity contribution in [3.8, 4) is 5.75 Å². The highest BCUT2D eigenvalue weighted by molar-refractivity contribution is 5.58. The first-order valence-electron chi connectivity index (χ1n) is 11.4. The van der Waals surface area contributed by atoms with Gasteiger partial charge in [-0.1, -0.05) is 0 Å². The summed E-state index contributed by atoms with van der Waals surface area (Å²) in [6.45, 7) is 2.95. The van der Waals surface area contributed by atoms with Crippen LogP contribution in [0, 0.1) is 17.7 Å². The van der Waals surface area contributed by atoms with Crippen LogP contribution in [0.1, 0.15) is 32.4 Å². The number of nitrogens with zero attached hydrogens (tertiary/aromatic N) is 5. The minimum atomic E-state index is -4.51. The normalized spacial score (nSPS) is 22.6. The lowest BCUT2D eigenvalue weighted by molar-refractivity contribution is -0.153. The van der Waals surface area contributed by atoms with Crippen LogP contribution in [0.4, 0.5) is 29.2 Å². The highest BCUT2D eigenvalue weighted by Crippen LogP contribution is 2.40. The second-order valence-corrected chi connectivity index (χ2v) is 9.72. The predicted molar refractivity (Wildman–Crippen MR) is 120 cm³/mol. The molecule has 2 aliphatic rings. The molecule has 1 unspecified atom stereocenters. The molecule has 2 fully saturated rings. The van der Waals surface area contributed by atoms with Crippen LogP contribution in [-0.2, 0) is 5.60 Å². The van der Waals surface area contributed by atoms with Gasteiger partial charge in [0.1, 0.15) is 5.60 Å². The fraction of sp³-hybridized carbons (Fsp3) is 0.522. The number of pyridine rings is 2. The zero-order valence-corrected chi connectivity index (χ0v) is 19.3. The Bertz CT molecular complexity index is 1210. The highest BCUT2D eigenvalue weighted by Gasteiger charge is 2.43. The predicted octanol–water partition coefficient (Wildman–Crippen LogP) is 3.76. The van der Waals surface area contributed by atoms with E-state index in [1.807, 2.05) is 4.90 Å². The van der Waals surface area contributed by atoms with E-state index in [9.17, 15) is 22.7 Å². The van der Waals surface area contributed by atoms with Gasteiger partial charge in [-0.2, -0.15) is 18.2 Å². The number of anilines is 2. The number of aromatic nitrogens is 4. The summed E-state index contributed by atoms with van der Waals surface area (Å²) >= 11 is 0. The van der Waals surface area contributed by atoms with E-state index in [0.29, 0.717) is 24.5 Å². The summed E-state index contributed by atoms with van der Waals surface area (Å²) in [6.07, 6.45) is 0.181. The molecule has 188 valence electrons. The Morgan fingerprint density at radius 2 is 1.86 bits per heavy atom. The monoisotopic (exact) mass is 494 g/mol. The van der Waals surface area contributed by atoms with E-state index in [-0.39, 0.29) is 41.0 Å². The molecule has 1 aliphatic carbocycles. The molecule has 3 aromatic heterocycles. The maximum Gasteiger partial charge on any atom is 0.422 e. The molecule has 35 heavy (non-hydrogen) atoms. The van der Waals surface area contributed by atoms with Crippen molar-refractivity contribution >= 4 is 17.3 Å². The third-order valence-electron chi connectivity index (χ3n) is 6.69. The summed E-state index contributed by atoms with van der Waals surface area (Å²) in [4.78, 5) is 10.3. The highest BCUT2D eigenvalue weighted by atomic mass is 19.4. The van der Waals surface area contributed by atoms with Crippen molar-refractivity contribution in [1.29, 1.82) is 0 Å². The molecule has 0 spiro atoms. The number of rotatable bonds is 6. The molecule has 3 atom stereocenters. The summed E-state index contributed by atoms with van der Waals surface area (Å²) < 4.78 is 58.8. The quantitative estimate of drug-likeness (QED) is 0.505. The molecule has 12 heteroatoms. The van der Waals surface area contributed by atoms with E-state index in [1.54, 1.807) is 26.1 Å². The molecule has 8 nitrogen and oxygen atoms in total. The first-order chi connectivity index (χ1) is 16.5. The topological polar surface area (TPSA) is 87.8 Å². The fourth-order valence-electron chi connectivity index (χ4n) is 5.16. The van der Waals surface area contributed by atoms with E-state index in [4.69, 9.17) is 4.74 Å². The summed E-state index contributed by atoms with van der Waals surface area (Å²) in [5.74, 6) is 0.224. The zero-order valence-electron chi connectivity index (χ0n) is 19.3. The van der Waals surface area contributed by atoms with Crippen molar-refractivity contribution < 1.29 is 27.4 Å². The molecule has 2 bridgehead atoms. The molecule has 5 rings (SSSR count). The Labute approximate surface area is 198 Å². The Hall–Kier alpha value is -3.15. The van der Waals surface area contributed by atoms with Gasteiger partial charge in [0.25, 0.3) is 0 Å². The van der Waals surface area contributed by atoms with Crippen LogP contribution in [0.25, 0.3) is 5.65 Å². The van der Waals surface area contributed by atoms with Gasteiger partial charge in [-0.3, -0.25) is 4.98 Å². The Balaban J connectivity index is 1.41. The number of hydrogen-bond acceptors (Lipinski definition) is 7. The molecule has 1 saturated carbocycles. The van der Waals surface area contributed by atoms with Crippen LogP contribution < -0.4 is 15.0 Å². The third kappa shape index (κ3) is 4.71. The molecule has 1 saturated heterocycles. The van der Waals surface area contributed by atoms with Gasteiger partial charge in [0.2, 0.25) is 5.95 Å². The standard InChI is InChI=1S/C23H26F4N6O2/c1-22(2,34)18-6-5-17(35-12-23(25,26)27)20-30-21(31-33(18)20)29-19-13-3-4-14(19)11-32(10-13)16-7-8-28-9-15(16)24/h5-9,13-14,19,34H,3-4,10-12H2,1-2H3,(H,29,31)/t13-,14+,19?. The molecular formula is C23H26F4N6O2. The van der Waals surface area contributed by atoms with Crippen LogP contribution >= 0.6 is 0 Å². The maximum absolute atomic E-state index is 14.3. The molecule has 0 aromatic carbocycles. The van der Waals surface area contributed by atoms with Crippen LogP contribution in [0.15, 0.2) is 30.6 Å². The van der Waals surface area contributed by atoms with Crippen molar-refractivity contribution in [2.45, 2.75) is 44.5 Å². The second-order valence-electron chi connectivity index (χ2n) is 9.72. The third-order valence-corrected chi connectivity index (χ3v) is 6.69. The Morgan fingerprint density at radius 3 is 2.49 bits per heavy atom. The van der Waals surface area contributed by atoms with Crippen LogP contribution in [0.2, 0.25) is 0 Å². The summed E-state index contributed by atoms with van der Waals surface area (Å²) in [5, 5.41) is 18.4. The molecule has 0 amide bonds. The van der Waals surface area contributed by atoms with Crippen molar-refractivity contribution in [2.75, 3.05) is 29.9 Å². The first kappa shape index (κ1) is 23.6. The van der Waals surface area contributed by atoms with Gasteiger partial charge in [0.05, 0.1) is 17.6 Å². The second kappa shape index (κ2) is 8.51. The van der Waals surface area contributed by atoms with Crippen molar-refractivity contribution in [1.82, 2.24) is 19.6 Å². The number of ether oxygens (including phenoxy) is 1. The smallest absolute Gasteiger partial charge is 0.422 e. The van der Waals surface area contributed by atoms with E-state index >= 15 is 0 Å². The van der Waals surface area contributed by atoms with E-state index in [1.165, 1.54) is 22.8 Å².